The van der Waals surface area contributed by atoms with E-state index in [1.807, 2.05) is 37.3 Å². The van der Waals surface area contributed by atoms with E-state index in [1.165, 1.54) is 30.6 Å². The molecule has 0 fully saturated rings. The lowest BCUT2D eigenvalue weighted by molar-refractivity contribution is -0.118. The molecule has 0 saturated heterocycles. The molecule has 2 heterocycles. The molecule has 4 rings (SSSR count). The number of aryl methyl sites for hydroxylation is 1. The van der Waals surface area contributed by atoms with Crippen LogP contribution in [0.15, 0.2) is 71.9 Å². The minimum Gasteiger partial charge on any atom is -0.497 e. The first-order chi connectivity index (χ1) is 16.4. The van der Waals surface area contributed by atoms with Crippen LogP contribution in [-0.4, -0.2) is 37.2 Å². The maximum atomic E-state index is 13.3. The lowest BCUT2D eigenvalue weighted by atomic mass is 10.2. The number of para-hydroxylation sites is 1. The van der Waals surface area contributed by atoms with E-state index in [0.717, 1.165) is 21.3 Å². The van der Waals surface area contributed by atoms with E-state index in [1.54, 1.807) is 29.4 Å². The first-order valence-electron chi connectivity index (χ1n) is 10.8. The number of ether oxygens (including phenoxy) is 1. The molecule has 0 aliphatic carbocycles. The predicted molar refractivity (Wildman–Crippen MR) is 134 cm³/mol. The van der Waals surface area contributed by atoms with Crippen LogP contribution in [0.2, 0.25) is 0 Å². The van der Waals surface area contributed by atoms with Crippen molar-refractivity contribution in [3.8, 4) is 5.75 Å². The van der Waals surface area contributed by atoms with Crippen LogP contribution < -0.4 is 9.64 Å². The minimum atomic E-state index is -3.51. The number of thiazole rings is 1. The van der Waals surface area contributed by atoms with Crippen molar-refractivity contribution >= 4 is 42.4 Å². The predicted octanol–water partition coefficient (Wildman–Crippen LogP) is 4.80. The van der Waals surface area contributed by atoms with E-state index < -0.39 is 9.84 Å². The molecule has 176 valence electrons. The Morgan fingerprint density at radius 2 is 1.88 bits per heavy atom. The van der Waals surface area contributed by atoms with E-state index in [4.69, 9.17) is 9.72 Å². The van der Waals surface area contributed by atoms with Crippen molar-refractivity contribution in [2.75, 3.05) is 17.8 Å². The Bertz CT molecular complexity index is 1380. The molecular weight excluding hydrogens is 470 g/mol. The van der Waals surface area contributed by atoms with Gasteiger partial charge in [-0.1, -0.05) is 29.5 Å². The number of rotatable bonds is 9. The number of aromatic nitrogens is 2. The summed E-state index contributed by atoms with van der Waals surface area (Å²) in [6.45, 7) is 2.31. The molecule has 0 saturated carbocycles. The van der Waals surface area contributed by atoms with Gasteiger partial charge in [0.05, 0.1) is 34.5 Å². The summed E-state index contributed by atoms with van der Waals surface area (Å²) < 4.78 is 31.5. The Hall–Kier alpha value is -3.30. The average Bonchev–Trinajstić information content (AvgIpc) is 3.28. The summed E-state index contributed by atoms with van der Waals surface area (Å²) in [5, 5.41) is 0.594. The van der Waals surface area contributed by atoms with Crippen LogP contribution in [0.1, 0.15) is 24.0 Å². The number of benzene rings is 2. The number of amides is 1. The van der Waals surface area contributed by atoms with Crippen molar-refractivity contribution < 1.29 is 17.9 Å². The topological polar surface area (TPSA) is 89.5 Å². The molecule has 0 aliphatic heterocycles. The zero-order valence-electron chi connectivity index (χ0n) is 19.0. The molecule has 0 aliphatic rings. The van der Waals surface area contributed by atoms with Gasteiger partial charge in [0.2, 0.25) is 5.91 Å². The Balaban J connectivity index is 1.51. The SMILES string of the molecule is COc1ccc(S(=O)(=O)CCCC(=O)N(Cc2cccnc2)c2nc3c(C)cccc3s2)cc1. The number of carbonyl (C=O) groups excluding carboxylic acids is 1. The fraction of sp³-hybridized carbons (Fsp3) is 0.240. The van der Waals surface area contributed by atoms with E-state index in [-0.39, 0.29) is 29.4 Å². The molecule has 0 spiro atoms. The number of fused-ring (bicyclic) bond motifs is 1. The van der Waals surface area contributed by atoms with Crippen molar-refractivity contribution in [1.29, 1.82) is 0 Å². The van der Waals surface area contributed by atoms with Crippen molar-refractivity contribution in [3.05, 3.63) is 78.1 Å². The molecule has 9 heteroatoms. The summed E-state index contributed by atoms with van der Waals surface area (Å²) in [5.41, 5.74) is 2.78. The Kier molecular flexibility index (Phi) is 7.23. The highest BCUT2D eigenvalue weighted by Crippen LogP contribution is 2.32. The fourth-order valence-electron chi connectivity index (χ4n) is 3.58. The van der Waals surface area contributed by atoms with Crippen LogP contribution in [-0.2, 0) is 21.2 Å². The summed E-state index contributed by atoms with van der Waals surface area (Å²) in [7, 11) is -1.98. The van der Waals surface area contributed by atoms with Gasteiger partial charge < -0.3 is 4.74 Å². The molecule has 0 unspecified atom stereocenters. The highest BCUT2D eigenvalue weighted by atomic mass is 32.2. The maximum absolute atomic E-state index is 13.3. The van der Waals surface area contributed by atoms with E-state index in [9.17, 15) is 13.2 Å². The lowest BCUT2D eigenvalue weighted by Crippen LogP contribution is -2.30. The Labute approximate surface area is 203 Å². The summed E-state index contributed by atoms with van der Waals surface area (Å²) in [6.07, 6.45) is 3.69. The molecule has 4 aromatic rings. The fourth-order valence-corrected chi connectivity index (χ4v) is 5.95. The van der Waals surface area contributed by atoms with Gasteiger partial charge in [0, 0.05) is 18.8 Å². The van der Waals surface area contributed by atoms with Gasteiger partial charge in [-0.05, 0) is 60.9 Å². The third kappa shape index (κ3) is 5.43. The van der Waals surface area contributed by atoms with Crippen molar-refractivity contribution in [3.63, 3.8) is 0 Å². The van der Waals surface area contributed by atoms with Crippen molar-refractivity contribution in [2.24, 2.45) is 0 Å². The second kappa shape index (κ2) is 10.3. The number of nitrogens with zero attached hydrogens (tertiary/aromatic N) is 3. The first kappa shape index (κ1) is 23.8. The molecule has 0 bridgehead atoms. The van der Waals surface area contributed by atoms with Crippen molar-refractivity contribution in [1.82, 2.24) is 9.97 Å². The number of pyridine rings is 1. The second-order valence-corrected chi connectivity index (χ2v) is 11.0. The number of carbonyl (C=O) groups is 1. The molecule has 2 aromatic heterocycles. The highest BCUT2D eigenvalue weighted by Gasteiger charge is 2.22. The van der Waals surface area contributed by atoms with E-state index >= 15 is 0 Å². The summed E-state index contributed by atoms with van der Waals surface area (Å²) in [4.78, 5) is 24.0. The minimum absolute atomic E-state index is 0.0879. The Morgan fingerprint density at radius 1 is 1.09 bits per heavy atom. The zero-order valence-corrected chi connectivity index (χ0v) is 20.6. The van der Waals surface area contributed by atoms with Crippen LogP contribution in [0.3, 0.4) is 0 Å². The van der Waals surface area contributed by atoms with Crippen LogP contribution in [0, 0.1) is 6.92 Å². The maximum Gasteiger partial charge on any atom is 0.229 e. The van der Waals surface area contributed by atoms with Gasteiger partial charge in [-0.25, -0.2) is 13.4 Å². The summed E-state index contributed by atoms with van der Waals surface area (Å²) in [5.74, 6) is 0.293. The van der Waals surface area contributed by atoms with Gasteiger partial charge >= 0.3 is 0 Å². The summed E-state index contributed by atoms with van der Waals surface area (Å²) >= 11 is 1.45. The van der Waals surface area contributed by atoms with Crippen molar-refractivity contribution in [2.45, 2.75) is 31.2 Å². The molecule has 7 nitrogen and oxygen atoms in total. The Morgan fingerprint density at radius 3 is 2.56 bits per heavy atom. The molecule has 0 atom stereocenters. The zero-order chi connectivity index (χ0) is 24.1. The van der Waals surface area contributed by atoms with Crippen LogP contribution >= 0.6 is 11.3 Å². The van der Waals surface area contributed by atoms with Gasteiger partial charge in [0.15, 0.2) is 15.0 Å². The molecular formula is C25H25N3O4S2. The monoisotopic (exact) mass is 495 g/mol. The van der Waals surface area contributed by atoms with Gasteiger partial charge in [0.1, 0.15) is 5.75 Å². The quantitative estimate of drug-likeness (QED) is 0.332. The molecule has 0 radical (unpaired) electrons. The molecule has 2 aromatic carbocycles. The second-order valence-electron chi connectivity index (χ2n) is 7.86. The number of hydrogen-bond donors (Lipinski definition) is 0. The molecule has 34 heavy (non-hydrogen) atoms. The standard InChI is InChI=1S/C25H25N3O4S2/c1-18-6-3-8-22-24(18)27-25(33-22)28(17-19-7-4-14-26-16-19)23(29)9-5-15-34(30,31)21-12-10-20(32-2)11-13-21/h3-4,6-8,10-14,16H,5,9,15,17H2,1-2H3. The highest BCUT2D eigenvalue weighted by molar-refractivity contribution is 7.91. The van der Waals surface area contributed by atoms with Gasteiger partial charge in [-0.15, -0.1) is 0 Å². The van der Waals surface area contributed by atoms with Gasteiger partial charge in [-0.2, -0.15) is 0 Å². The lowest BCUT2D eigenvalue weighted by Gasteiger charge is -2.20. The largest absolute Gasteiger partial charge is 0.497 e. The number of methoxy groups -OCH3 is 1. The van der Waals surface area contributed by atoms with E-state index in [2.05, 4.69) is 4.98 Å². The molecule has 0 N–H and O–H groups in total. The third-order valence-corrected chi connectivity index (χ3v) is 8.29. The van der Waals surface area contributed by atoms with Gasteiger partial charge in [0.25, 0.3) is 0 Å². The number of hydrogen-bond acceptors (Lipinski definition) is 7. The number of anilines is 1. The smallest absolute Gasteiger partial charge is 0.229 e. The van der Waals surface area contributed by atoms with Crippen LogP contribution in [0.4, 0.5) is 5.13 Å². The van der Waals surface area contributed by atoms with Crippen LogP contribution in [0.5, 0.6) is 5.75 Å². The third-order valence-electron chi connectivity index (χ3n) is 5.43. The normalized spacial score (nSPS) is 11.5. The van der Waals surface area contributed by atoms with E-state index in [0.29, 0.717) is 17.4 Å². The molecule has 1 amide bonds. The number of sulfone groups is 1. The first-order valence-corrected chi connectivity index (χ1v) is 13.3. The average molecular weight is 496 g/mol. The van der Waals surface area contributed by atoms with Gasteiger partial charge in [-0.3, -0.25) is 14.7 Å². The van der Waals surface area contributed by atoms with Crippen LogP contribution in [0.25, 0.3) is 10.2 Å². The summed E-state index contributed by atoms with van der Waals surface area (Å²) in [6, 6.07) is 15.9.